The van der Waals surface area contributed by atoms with Crippen molar-refractivity contribution >= 4 is 28.8 Å². The summed E-state index contributed by atoms with van der Waals surface area (Å²) < 4.78 is 0. The van der Waals surface area contributed by atoms with Crippen molar-refractivity contribution in [3.8, 4) is 6.07 Å². The van der Waals surface area contributed by atoms with E-state index in [9.17, 15) is 9.59 Å². The Balaban J connectivity index is 1.78. The topological polar surface area (TPSA) is 73.2 Å². The quantitative estimate of drug-likeness (QED) is 0.733. The van der Waals surface area contributed by atoms with Crippen LogP contribution in [0, 0.1) is 11.3 Å². The number of carbonyl (C=O) groups excluding carboxylic acids is 2. The second-order valence-electron chi connectivity index (χ2n) is 6.62. The number of nitrogens with one attached hydrogen (secondary N) is 1. The first-order valence-electron chi connectivity index (χ1n) is 8.80. The molecule has 1 aromatic heterocycles. The molecule has 0 spiro atoms. The highest BCUT2D eigenvalue weighted by atomic mass is 32.1. The summed E-state index contributed by atoms with van der Waals surface area (Å²) >= 11 is 1.53. The Labute approximate surface area is 166 Å². The van der Waals surface area contributed by atoms with Gasteiger partial charge >= 0.3 is 0 Å². The third-order valence-electron chi connectivity index (χ3n) is 4.96. The predicted molar refractivity (Wildman–Crippen MR) is 108 cm³/mol. The second kappa shape index (κ2) is 7.29. The summed E-state index contributed by atoms with van der Waals surface area (Å²) in [6.45, 7) is 0. The summed E-state index contributed by atoms with van der Waals surface area (Å²) in [5.74, 6) is -0.854. The molecule has 1 N–H and O–H groups in total. The summed E-state index contributed by atoms with van der Waals surface area (Å²) in [7, 11) is 1.74. The molecule has 1 aliphatic heterocycles. The first-order chi connectivity index (χ1) is 13.6. The van der Waals surface area contributed by atoms with Crippen molar-refractivity contribution in [2.45, 2.75) is 12.0 Å². The van der Waals surface area contributed by atoms with Gasteiger partial charge in [0.15, 0.2) is 0 Å². The molecule has 1 aliphatic rings. The molecule has 4 rings (SSSR count). The number of nitriles is 1. The van der Waals surface area contributed by atoms with Crippen LogP contribution in [0.25, 0.3) is 0 Å². The maximum Gasteiger partial charge on any atom is 0.254 e. The lowest BCUT2D eigenvalue weighted by Crippen LogP contribution is -2.43. The van der Waals surface area contributed by atoms with E-state index in [-0.39, 0.29) is 17.9 Å². The number of thiophene rings is 1. The Morgan fingerprint density at radius 2 is 1.96 bits per heavy atom. The molecule has 2 aromatic carbocycles. The molecule has 2 atom stereocenters. The van der Waals surface area contributed by atoms with E-state index < -0.39 is 5.92 Å². The molecule has 0 fully saturated rings. The lowest BCUT2D eigenvalue weighted by Gasteiger charge is -2.39. The van der Waals surface area contributed by atoms with Crippen molar-refractivity contribution in [3.63, 3.8) is 0 Å². The lowest BCUT2D eigenvalue weighted by atomic mass is 9.81. The fourth-order valence-corrected chi connectivity index (χ4v) is 4.56. The fourth-order valence-electron chi connectivity index (χ4n) is 3.66. The van der Waals surface area contributed by atoms with E-state index in [4.69, 9.17) is 5.26 Å². The summed E-state index contributed by atoms with van der Waals surface area (Å²) in [5, 5.41) is 14.0. The number of likely N-dealkylation sites (N-methyl/N-ethyl adjacent to an activating group) is 1. The highest BCUT2D eigenvalue weighted by molar-refractivity contribution is 7.10. The average Bonchev–Trinajstić information content (AvgIpc) is 3.25. The molecule has 0 unspecified atom stereocenters. The highest BCUT2D eigenvalue weighted by Gasteiger charge is 2.43. The van der Waals surface area contributed by atoms with E-state index in [1.165, 1.54) is 11.3 Å². The van der Waals surface area contributed by atoms with Gasteiger partial charge in [0.1, 0.15) is 0 Å². The second-order valence-corrected chi connectivity index (χ2v) is 7.60. The van der Waals surface area contributed by atoms with Crippen molar-refractivity contribution in [2.75, 3.05) is 12.4 Å². The standard InChI is InChI=1S/C22H17N3O2S/c1-25-20(18-10-5-11-28-18)19(16-8-2-3-9-17(16)22(25)27)21(26)24-15-7-4-6-14(12-15)13-23/h2-12,19-20H,1H3,(H,24,26)/t19-,20-/m1/s1. The van der Waals surface area contributed by atoms with Crippen molar-refractivity contribution in [1.82, 2.24) is 4.90 Å². The number of hydrogen-bond donors (Lipinski definition) is 1. The summed E-state index contributed by atoms with van der Waals surface area (Å²) in [6.07, 6.45) is 0. The molecule has 2 heterocycles. The van der Waals surface area contributed by atoms with Crippen LogP contribution in [0.15, 0.2) is 66.0 Å². The average molecular weight is 387 g/mol. The maximum atomic E-state index is 13.4. The lowest BCUT2D eigenvalue weighted by molar-refractivity contribution is -0.119. The minimum Gasteiger partial charge on any atom is -0.333 e. The molecule has 138 valence electrons. The van der Waals surface area contributed by atoms with Crippen LogP contribution in [-0.4, -0.2) is 23.8 Å². The molecule has 0 saturated carbocycles. The van der Waals surface area contributed by atoms with Crippen LogP contribution in [-0.2, 0) is 4.79 Å². The number of anilines is 1. The van der Waals surface area contributed by atoms with Gasteiger partial charge in [0.2, 0.25) is 5.91 Å². The fraction of sp³-hybridized carbons (Fsp3) is 0.136. The van der Waals surface area contributed by atoms with Crippen LogP contribution in [0.2, 0.25) is 0 Å². The third-order valence-corrected chi connectivity index (χ3v) is 5.90. The van der Waals surface area contributed by atoms with Crippen LogP contribution in [0.3, 0.4) is 0 Å². The zero-order chi connectivity index (χ0) is 19.7. The van der Waals surface area contributed by atoms with Crippen LogP contribution in [0.5, 0.6) is 0 Å². The predicted octanol–water partition coefficient (Wildman–Crippen LogP) is 4.17. The van der Waals surface area contributed by atoms with Crippen LogP contribution in [0.1, 0.15) is 38.3 Å². The van der Waals surface area contributed by atoms with Gasteiger partial charge in [-0.05, 0) is 41.3 Å². The molecule has 0 radical (unpaired) electrons. The SMILES string of the molecule is CN1C(=O)c2ccccc2[C@@H](C(=O)Nc2cccc(C#N)c2)[C@H]1c1cccs1. The molecule has 0 saturated heterocycles. The minimum atomic E-state index is -0.553. The van der Waals surface area contributed by atoms with Gasteiger partial charge in [-0.1, -0.05) is 30.3 Å². The Morgan fingerprint density at radius 1 is 1.14 bits per heavy atom. The summed E-state index contributed by atoms with van der Waals surface area (Å²) in [4.78, 5) is 28.9. The van der Waals surface area contributed by atoms with Crippen molar-refractivity contribution in [1.29, 1.82) is 5.26 Å². The largest absolute Gasteiger partial charge is 0.333 e. The van der Waals surface area contributed by atoms with Crippen LogP contribution in [0.4, 0.5) is 5.69 Å². The van der Waals surface area contributed by atoms with Gasteiger partial charge in [-0.15, -0.1) is 11.3 Å². The van der Waals surface area contributed by atoms with Gasteiger partial charge < -0.3 is 10.2 Å². The first kappa shape index (κ1) is 18.0. The van der Waals surface area contributed by atoms with E-state index in [2.05, 4.69) is 11.4 Å². The van der Waals surface area contributed by atoms with Gasteiger partial charge in [0, 0.05) is 23.2 Å². The van der Waals surface area contributed by atoms with E-state index in [0.29, 0.717) is 16.8 Å². The van der Waals surface area contributed by atoms with Gasteiger partial charge in [-0.2, -0.15) is 5.26 Å². The van der Waals surface area contributed by atoms with Gasteiger partial charge in [0.25, 0.3) is 5.91 Å². The molecule has 28 heavy (non-hydrogen) atoms. The summed E-state index contributed by atoms with van der Waals surface area (Å²) in [6, 6.07) is 19.6. The van der Waals surface area contributed by atoms with E-state index >= 15 is 0 Å². The number of benzene rings is 2. The Bertz CT molecular complexity index is 1090. The van der Waals surface area contributed by atoms with Gasteiger partial charge in [-0.25, -0.2) is 0 Å². The molecule has 2 amide bonds. The van der Waals surface area contributed by atoms with E-state index in [1.807, 2.05) is 29.6 Å². The molecular weight excluding hydrogens is 370 g/mol. The highest BCUT2D eigenvalue weighted by Crippen LogP contribution is 2.43. The molecule has 5 nitrogen and oxygen atoms in total. The van der Waals surface area contributed by atoms with E-state index in [1.54, 1.807) is 48.3 Å². The van der Waals surface area contributed by atoms with E-state index in [0.717, 1.165) is 10.4 Å². The molecule has 6 heteroatoms. The number of nitrogens with zero attached hydrogens (tertiary/aromatic N) is 2. The Hall–Kier alpha value is -3.43. The molecule has 0 bridgehead atoms. The van der Waals surface area contributed by atoms with Crippen molar-refractivity contribution < 1.29 is 9.59 Å². The molecular formula is C22H17N3O2S. The van der Waals surface area contributed by atoms with Crippen LogP contribution >= 0.6 is 11.3 Å². The number of carbonyl (C=O) groups is 2. The Kier molecular flexibility index (Phi) is 4.68. The van der Waals surface area contributed by atoms with Crippen molar-refractivity contribution in [2.24, 2.45) is 0 Å². The monoisotopic (exact) mass is 387 g/mol. The minimum absolute atomic E-state index is 0.0930. The maximum absolute atomic E-state index is 13.4. The zero-order valence-corrected chi connectivity index (χ0v) is 15.9. The number of rotatable bonds is 3. The van der Waals surface area contributed by atoms with Crippen LogP contribution < -0.4 is 5.32 Å². The van der Waals surface area contributed by atoms with Gasteiger partial charge in [-0.3, -0.25) is 9.59 Å². The number of hydrogen-bond acceptors (Lipinski definition) is 4. The first-order valence-corrected chi connectivity index (χ1v) is 9.68. The molecule has 3 aromatic rings. The molecule has 0 aliphatic carbocycles. The zero-order valence-electron chi connectivity index (χ0n) is 15.1. The van der Waals surface area contributed by atoms with Crippen molar-refractivity contribution in [3.05, 3.63) is 87.6 Å². The van der Waals surface area contributed by atoms with Gasteiger partial charge in [0.05, 0.1) is 23.6 Å². The third kappa shape index (κ3) is 3.06. The number of amides is 2. The summed E-state index contributed by atoms with van der Waals surface area (Å²) in [5.41, 5.74) is 2.30. The Morgan fingerprint density at radius 3 is 2.71 bits per heavy atom. The smallest absolute Gasteiger partial charge is 0.254 e. The normalized spacial score (nSPS) is 18.3. The number of fused-ring (bicyclic) bond motifs is 1.